The number of nitrogens with one attached hydrogen (secondary N) is 1. The van der Waals surface area contributed by atoms with Gasteiger partial charge in [-0.25, -0.2) is 4.39 Å². The van der Waals surface area contributed by atoms with Crippen molar-refractivity contribution in [3.63, 3.8) is 0 Å². The quantitative estimate of drug-likeness (QED) is 0.817. The normalized spacial score (nSPS) is 23.4. The number of aliphatic hydroxyl groups excluding tert-OH is 1. The van der Waals surface area contributed by atoms with Crippen molar-refractivity contribution in [3.8, 4) is 0 Å². The summed E-state index contributed by atoms with van der Waals surface area (Å²) in [4.78, 5) is 0. The van der Waals surface area contributed by atoms with Crippen LogP contribution in [0.5, 0.6) is 0 Å². The molecule has 2 rings (SSSR count). The maximum Gasteiger partial charge on any atom is 0.123 e. The van der Waals surface area contributed by atoms with Gasteiger partial charge in [0.1, 0.15) is 5.82 Å². The third-order valence-electron chi connectivity index (χ3n) is 3.46. The van der Waals surface area contributed by atoms with Gasteiger partial charge in [0.05, 0.1) is 0 Å². The number of halogens is 1. The van der Waals surface area contributed by atoms with E-state index >= 15 is 0 Å². The van der Waals surface area contributed by atoms with Crippen LogP contribution >= 0.6 is 0 Å². The first-order chi connectivity index (χ1) is 7.72. The van der Waals surface area contributed by atoms with Gasteiger partial charge >= 0.3 is 0 Å². The second-order valence-electron chi connectivity index (χ2n) is 4.39. The molecule has 1 aromatic carbocycles. The van der Waals surface area contributed by atoms with Gasteiger partial charge in [0.15, 0.2) is 0 Å². The Morgan fingerprint density at radius 2 is 2.31 bits per heavy atom. The molecule has 16 heavy (non-hydrogen) atoms. The third kappa shape index (κ3) is 1.85. The average molecular weight is 223 g/mol. The molecule has 0 spiro atoms. The highest BCUT2D eigenvalue weighted by molar-refractivity contribution is 5.39. The minimum absolute atomic E-state index is 0.146. The molecule has 3 heteroatoms. The minimum atomic E-state index is -0.171. The maximum absolute atomic E-state index is 13.1. The summed E-state index contributed by atoms with van der Waals surface area (Å²) in [5.74, 6) is -0.171. The summed E-state index contributed by atoms with van der Waals surface area (Å²) in [6.07, 6.45) is 2.53. The monoisotopic (exact) mass is 223 g/mol. The van der Waals surface area contributed by atoms with Crippen molar-refractivity contribution in [1.82, 2.24) is 5.32 Å². The molecule has 0 fully saturated rings. The average Bonchev–Trinajstić information content (AvgIpc) is 2.58. The lowest BCUT2D eigenvalue weighted by Crippen LogP contribution is -2.41. The van der Waals surface area contributed by atoms with Gasteiger partial charge in [-0.1, -0.05) is 13.0 Å². The summed E-state index contributed by atoms with van der Waals surface area (Å²) in [5, 5.41) is 12.6. The molecule has 1 atom stereocenters. The first-order valence-electron chi connectivity index (χ1n) is 5.86. The predicted molar refractivity (Wildman–Crippen MR) is 61.8 cm³/mol. The Hall–Kier alpha value is -0.930. The molecule has 0 bridgehead atoms. The van der Waals surface area contributed by atoms with Crippen molar-refractivity contribution in [2.45, 2.75) is 31.7 Å². The Labute approximate surface area is 95.5 Å². The molecule has 88 valence electrons. The molecule has 0 saturated carbocycles. The maximum atomic E-state index is 13.1. The van der Waals surface area contributed by atoms with Gasteiger partial charge in [-0.2, -0.15) is 0 Å². The Balaban J connectivity index is 2.38. The lowest BCUT2D eigenvalue weighted by atomic mass is 9.88. The van der Waals surface area contributed by atoms with Gasteiger partial charge in [0, 0.05) is 12.1 Å². The molecule has 2 N–H and O–H groups in total. The van der Waals surface area contributed by atoms with Gasteiger partial charge in [0.2, 0.25) is 0 Å². The molecule has 1 aliphatic carbocycles. The van der Waals surface area contributed by atoms with Crippen LogP contribution in [0.3, 0.4) is 0 Å². The van der Waals surface area contributed by atoms with Gasteiger partial charge in [-0.15, -0.1) is 0 Å². The van der Waals surface area contributed by atoms with Crippen molar-refractivity contribution in [2.75, 3.05) is 13.2 Å². The van der Waals surface area contributed by atoms with E-state index < -0.39 is 0 Å². The van der Waals surface area contributed by atoms with E-state index in [4.69, 9.17) is 0 Å². The van der Waals surface area contributed by atoms with E-state index in [0.717, 1.165) is 30.5 Å². The van der Waals surface area contributed by atoms with Crippen LogP contribution < -0.4 is 5.32 Å². The summed E-state index contributed by atoms with van der Waals surface area (Å²) in [7, 11) is 0. The standard InChI is InChI=1S/C13H18FNO/c1-2-15-13(7-8-16)6-5-10-9-11(14)3-4-12(10)13/h3-4,9,15-16H,2,5-8H2,1H3. The van der Waals surface area contributed by atoms with E-state index in [-0.39, 0.29) is 18.0 Å². The smallest absolute Gasteiger partial charge is 0.123 e. The fourth-order valence-corrected chi connectivity index (χ4v) is 2.78. The van der Waals surface area contributed by atoms with E-state index in [0.29, 0.717) is 6.42 Å². The highest BCUT2D eigenvalue weighted by Crippen LogP contribution is 2.39. The van der Waals surface area contributed by atoms with Gasteiger partial charge in [-0.05, 0) is 49.1 Å². The molecule has 0 amide bonds. The lowest BCUT2D eigenvalue weighted by Gasteiger charge is -2.31. The van der Waals surface area contributed by atoms with Crippen LogP contribution in [0.15, 0.2) is 18.2 Å². The highest BCUT2D eigenvalue weighted by atomic mass is 19.1. The SMILES string of the molecule is CCNC1(CCO)CCc2cc(F)ccc21. The number of hydrogen-bond acceptors (Lipinski definition) is 2. The van der Waals surface area contributed by atoms with Crippen LogP contribution in [-0.4, -0.2) is 18.3 Å². The zero-order valence-electron chi connectivity index (χ0n) is 9.59. The van der Waals surface area contributed by atoms with E-state index in [2.05, 4.69) is 12.2 Å². The number of fused-ring (bicyclic) bond motifs is 1. The second-order valence-corrected chi connectivity index (χ2v) is 4.39. The lowest BCUT2D eigenvalue weighted by molar-refractivity contribution is 0.210. The zero-order valence-corrected chi connectivity index (χ0v) is 9.59. The molecule has 1 aliphatic rings. The Bertz CT molecular complexity index is 372. The fourth-order valence-electron chi connectivity index (χ4n) is 2.78. The molecule has 0 heterocycles. The fraction of sp³-hybridized carbons (Fsp3) is 0.538. The van der Waals surface area contributed by atoms with E-state index in [1.54, 1.807) is 6.07 Å². The van der Waals surface area contributed by atoms with E-state index in [1.165, 1.54) is 6.07 Å². The summed E-state index contributed by atoms with van der Waals surface area (Å²) in [6.45, 7) is 3.07. The van der Waals surface area contributed by atoms with E-state index in [9.17, 15) is 9.50 Å². The van der Waals surface area contributed by atoms with Crippen LogP contribution in [0, 0.1) is 5.82 Å². The molecule has 0 saturated heterocycles. The summed E-state index contributed by atoms with van der Waals surface area (Å²) in [5.41, 5.74) is 2.09. The number of aliphatic hydroxyl groups is 1. The first kappa shape index (κ1) is 11.6. The first-order valence-corrected chi connectivity index (χ1v) is 5.86. The Kier molecular flexibility index (Phi) is 3.26. The molecular formula is C13H18FNO. The summed E-state index contributed by atoms with van der Waals surface area (Å²) >= 11 is 0. The van der Waals surface area contributed by atoms with Crippen molar-refractivity contribution in [2.24, 2.45) is 0 Å². The van der Waals surface area contributed by atoms with Crippen LogP contribution in [0.2, 0.25) is 0 Å². The molecule has 1 aromatic rings. The van der Waals surface area contributed by atoms with Crippen molar-refractivity contribution >= 4 is 0 Å². The molecular weight excluding hydrogens is 205 g/mol. The van der Waals surface area contributed by atoms with Crippen LogP contribution in [0.1, 0.15) is 30.9 Å². The number of hydrogen-bond donors (Lipinski definition) is 2. The Morgan fingerprint density at radius 3 is 3.00 bits per heavy atom. The predicted octanol–water partition coefficient (Wildman–Crippen LogP) is 1.96. The van der Waals surface area contributed by atoms with Crippen LogP contribution in [0.4, 0.5) is 4.39 Å². The van der Waals surface area contributed by atoms with Gasteiger partial charge in [0.25, 0.3) is 0 Å². The number of aryl methyl sites for hydroxylation is 1. The van der Waals surface area contributed by atoms with Gasteiger partial charge < -0.3 is 10.4 Å². The number of benzene rings is 1. The minimum Gasteiger partial charge on any atom is -0.396 e. The number of rotatable bonds is 4. The second kappa shape index (κ2) is 4.52. The van der Waals surface area contributed by atoms with Crippen LogP contribution in [0.25, 0.3) is 0 Å². The van der Waals surface area contributed by atoms with Crippen LogP contribution in [-0.2, 0) is 12.0 Å². The topological polar surface area (TPSA) is 32.3 Å². The Morgan fingerprint density at radius 1 is 1.50 bits per heavy atom. The van der Waals surface area contributed by atoms with Crippen molar-refractivity contribution in [1.29, 1.82) is 0 Å². The van der Waals surface area contributed by atoms with E-state index in [1.807, 2.05) is 6.07 Å². The van der Waals surface area contributed by atoms with Crippen molar-refractivity contribution < 1.29 is 9.50 Å². The van der Waals surface area contributed by atoms with Crippen molar-refractivity contribution in [3.05, 3.63) is 35.1 Å². The third-order valence-corrected chi connectivity index (χ3v) is 3.46. The molecule has 1 unspecified atom stereocenters. The van der Waals surface area contributed by atoms with Gasteiger partial charge in [-0.3, -0.25) is 0 Å². The molecule has 2 nitrogen and oxygen atoms in total. The zero-order chi connectivity index (χ0) is 11.6. The molecule has 0 aliphatic heterocycles. The molecule has 0 radical (unpaired) electrons. The largest absolute Gasteiger partial charge is 0.396 e. The highest BCUT2D eigenvalue weighted by Gasteiger charge is 2.37. The molecule has 0 aromatic heterocycles. The summed E-state index contributed by atoms with van der Waals surface area (Å²) < 4.78 is 13.1. The summed E-state index contributed by atoms with van der Waals surface area (Å²) in [6, 6.07) is 4.98.